The van der Waals surface area contributed by atoms with E-state index in [2.05, 4.69) is 11.8 Å². The van der Waals surface area contributed by atoms with Crippen molar-refractivity contribution >= 4 is 5.91 Å². The molecule has 0 aromatic heterocycles. The van der Waals surface area contributed by atoms with E-state index < -0.39 is 12.1 Å². The smallest absolute Gasteiger partial charge is 0.331 e. The summed E-state index contributed by atoms with van der Waals surface area (Å²) in [6.45, 7) is 0.151. The Hall–Kier alpha value is -2.22. The highest BCUT2D eigenvalue weighted by Crippen LogP contribution is 2.38. The molecule has 1 fully saturated rings. The maximum absolute atomic E-state index is 12.7. The molecule has 0 N–H and O–H groups in total. The molecule has 2 atom stereocenters. The Bertz CT molecular complexity index is 682. The fraction of sp³-hybridized carbons (Fsp3) is 0.389. The monoisotopic (exact) mass is 319 g/mol. The van der Waals surface area contributed by atoms with Gasteiger partial charge in [-0.1, -0.05) is 36.1 Å². The highest BCUT2D eigenvalue weighted by Gasteiger charge is 2.49. The van der Waals surface area contributed by atoms with Gasteiger partial charge in [-0.15, -0.1) is 0 Å². The quantitative estimate of drug-likeness (QED) is 0.670. The number of nitrogens with zero attached hydrogens (tertiary/aromatic N) is 1. The lowest BCUT2D eigenvalue weighted by atomic mass is 9.84. The number of amides is 1. The van der Waals surface area contributed by atoms with Crippen molar-refractivity contribution in [3.63, 3.8) is 0 Å². The van der Waals surface area contributed by atoms with Crippen LogP contribution in [0.15, 0.2) is 42.0 Å². The van der Waals surface area contributed by atoms with E-state index in [0.717, 1.165) is 16.0 Å². The first-order chi connectivity index (χ1) is 11.0. The molecule has 0 radical (unpaired) electrons. The standard InChI is InChI=1S/C18H16F3NO/c19-18(20,21)17(23)22-12-11-15-14(7-4-8-16(15)22)10-9-13-5-2-1-3-6-13/h1-3,5-7,15-16H,4,8,11-12H2. The highest BCUT2D eigenvalue weighted by atomic mass is 19.4. The Balaban J connectivity index is 1.78. The molecule has 2 unspecified atom stereocenters. The number of benzene rings is 1. The molecule has 0 bridgehead atoms. The third-order valence-corrected chi connectivity index (χ3v) is 4.40. The lowest BCUT2D eigenvalue weighted by Crippen LogP contribution is -2.45. The number of hydrogen-bond acceptors (Lipinski definition) is 1. The van der Waals surface area contributed by atoms with Crippen molar-refractivity contribution in [3.05, 3.63) is 47.5 Å². The third kappa shape index (κ3) is 3.26. The van der Waals surface area contributed by atoms with E-state index in [-0.39, 0.29) is 18.5 Å². The molecule has 1 aliphatic heterocycles. The van der Waals surface area contributed by atoms with Crippen molar-refractivity contribution in [3.8, 4) is 11.8 Å². The number of hydrogen-bond donors (Lipinski definition) is 0. The average Bonchev–Trinajstić information content (AvgIpc) is 2.96. The summed E-state index contributed by atoms with van der Waals surface area (Å²) in [7, 11) is 0. The van der Waals surface area contributed by atoms with Crippen molar-refractivity contribution in [1.82, 2.24) is 4.90 Å². The van der Waals surface area contributed by atoms with Gasteiger partial charge in [-0.2, -0.15) is 13.2 Å². The van der Waals surface area contributed by atoms with Crippen LogP contribution >= 0.6 is 0 Å². The summed E-state index contributed by atoms with van der Waals surface area (Å²) in [6, 6.07) is 9.08. The predicted molar refractivity (Wildman–Crippen MR) is 80.3 cm³/mol. The number of carbonyl (C=O) groups is 1. The fourth-order valence-corrected chi connectivity index (χ4v) is 3.36. The number of likely N-dealkylation sites (tertiary alicyclic amines) is 1. The number of halogens is 3. The molecule has 1 aromatic rings. The summed E-state index contributed by atoms with van der Waals surface area (Å²) in [5.74, 6) is 4.36. The van der Waals surface area contributed by atoms with Crippen molar-refractivity contribution in [2.24, 2.45) is 5.92 Å². The van der Waals surface area contributed by atoms with Gasteiger partial charge in [0, 0.05) is 29.6 Å². The van der Waals surface area contributed by atoms with E-state index in [0.29, 0.717) is 19.3 Å². The molecule has 1 amide bonds. The summed E-state index contributed by atoms with van der Waals surface area (Å²) in [5, 5.41) is 0. The van der Waals surface area contributed by atoms with Crippen LogP contribution in [0.4, 0.5) is 13.2 Å². The van der Waals surface area contributed by atoms with Crippen molar-refractivity contribution < 1.29 is 18.0 Å². The van der Waals surface area contributed by atoms with Gasteiger partial charge < -0.3 is 4.90 Å². The Morgan fingerprint density at radius 1 is 1.13 bits per heavy atom. The van der Waals surface area contributed by atoms with E-state index in [1.54, 1.807) is 0 Å². The van der Waals surface area contributed by atoms with Crippen LogP contribution in [-0.2, 0) is 4.79 Å². The van der Waals surface area contributed by atoms with E-state index in [4.69, 9.17) is 0 Å². The van der Waals surface area contributed by atoms with Crippen LogP contribution in [0.2, 0.25) is 0 Å². The molecule has 120 valence electrons. The molecule has 2 nitrogen and oxygen atoms in total. The van der Waals surface area contributed by atoms with Gasteiger partial charge in [0.05, 0.1) is 0 Å². The zero-order valence-electron chi connectivity index (χ0n) is 12.4. The maximum atomic E-state index is 12.7. The van der Waals surface area contributed by atoms with Gasteiger partial charge >= 0.3 is 12.1 Å². The normalized spacial score (nSPS) is 23.6. The van der Waals surface area contributed by atoms with Gasteiger partial charge in [0.15, 0.2) is 0 Å². The molecular formula is C18H16F3NO. The van der Waals surface area contributed by atoms with Crippen LogP contribution in [0.3, 0.4) is 0 Å². The summed E-state index contributed by atoms with van der Waals surface area (Å²) < 4.78 is 38.1. The number of allylic oxidation sites excluding steroid dienone is 1. The van der Waals surface area contributed by atoms with Gasteiger partial charge in [0.2, 0.25) is 0 Å². The minimum Gasteiger partial charge on any atom is -0.331 e. The summed E-state index contributed by atoms with van der Waals surface area (Å²) in [4.78, 5) is 12.5. The molecule has 23 heavy (non-hydrogen) atoms. The van der Waals surface area contributed by atoms with Crippen LogP contribution in [0.25, 0.3) is 0 Å². The minimum absolute atomic E-state index is 0.0775. The lowest BCUT2D eigenvalue weighted by Gasteiger charge is -2.31. The van der Waals surface area contributed by atoms with Crippen LogP contribution in [0.1, 0.15) is 24.8 Å². The van der Waals surface area contributed by atoms with Gasteiger partial charge in [-0.25, -0.2) is 0 Å². The second-order valence-electron chi connectivity index (χ2n) is 5.81. The van der Waals surface area contributed by atoms with Crippen LogP contribution in [0.5, 0.6) is 0 Å². The highest BCUT2D eigenvalue weighted by molar-refractivity contribution is 5.82. The molecule has 0 saturated carbocycles. The van der Waals surface area contributed by atoms with Crippen LogP contribution in [0, 0.1) is 17.8 Å². The summed E-state index contributed by atoms with van der Waals surface area (Å²) >= 11 is 0. The van der Waals surface area contributed by atoms with Gasteiger partial charge in [0.25, 0.3) is 0 Å². The van der Waals surface area contributed by atoms with Crippen molar-refractivity contribution in [1.29, 1.82) is 0 Å². The third-order valence-electron chi connectivity index (χ3n) is 4.40. The first-order valence-electron chi connectivity index (χ1n) is 7.62. The number of alkyl halides is 3. The summed E-state index contributed by atoms with van der Waals surface area (Å²) in [5.41, 5.74) is 1.74. The van der Waals surface area contributed by atoms with Crippen LogP contribution in [-0.4, -0.2) is 29.6 Å². The molecule has 0 spiro atoms. The molecule has 1 saturated heterocycles. The topological polar surface area (TPSA) is 20.3 Å². The van der Waals surface area contributed by atoms with Crippen molar-refractivity contribution in [2.75, 3.05) is 6.54 Å². The summed E-state index contributed by atoms with van der Waals surface area (Å²) in [6.07, 6.45) is -1.03. The number of fused-ring (bicyclic) bond motifs is 1. The van der Waals surface area contributed by atoms with Gasteiger partial charge in [-0.05, 0) is 31.4 Å². The molecule has 2 aliphatic rings. The molecule has 1 aromatic carbocycles. The Morgan fingerprint density at radius 2 is 1.87 bits per heavy atom. The molecule has 3 rings (SSSR count). The predicted octanol–water partition coefficient (Wildman–Crippen LogP) is 3.54. The van der Waals surface area contributed by atoms with E-state index in [9.17, 15) is 18.0 Å². The molecule has 1 heterocycles. The number of rotatable bonds is 0. The van der Waals surface area contributed by atoms with Gasteiger partial charge in [-0.3, -0.25) is 4.79 Å². The SMILES string of the molecule is O=C(N1CCC2C(C#Cc3ccccc3)=CCCC21)C(F)(F)F. The van der Waals surface area contributed by atoms with E-state index in [1.165, 1.54) is 0 Å². The average molecular weight is 319 g/mol. The maximum Gasteiger partial charge on any atom is 0.471 e. The minimum atomic E-state index is -4.80. The van der Waals surface area contributed by atoms with Crippen LogP contribution < -0.4 is 0 Å². The van der Waals surface area contributed by atoms with E-state index in [1.807, 2.05) is 36.4 Å². The second kappa shape index (κ2) is 6.11. The lowest BCUT2D eigenvalue weighted by molar-refractivity contribution is -0.186. The second-order valence-corrected chi connectivity index (χ2v) is 5.81. The van der Waals surface area contributed by atoms with E-state index >= 15 is 0 Å². The Morgan fingerprint density at radius 3 is 2.57 bits per heavy atom. The van der Waals surface area contributed by atoms with Crippen molar-refractivity contribution in [2.45, 2.75) is 31.5 Å². The Kier molecular flexibility index (Phi) is 4.16. The number of carbonyl (C=O) groups excluding carboxylic acids is 1. The molecule has 1 aliphatic carbocycles. The largest absolute Gasteiger partial charge is 0.471 e. The zero-order valence-corrected chi connectivity index (χ0v) is 12.4. The molecular weight excluding hydrogens is 303 g/mol. The zero-order chi connectivity index (χ0) is 16.4. The first-order valence-corrected chi connectivity index (χ1v) is 7.62. The first kappa shape index (κ1) is 15.7. The molecule has 5 heteroatoms. The van der Waals surface area contributed by atoms with Gasteiger partial charge in [0.1, 0.15) is 0 Å². The fourth-order valence-electron chi connectivity index (χ4n) is 3.36. The Labute approximate surface area is 133 Å².